The molecule has 2 aliphatic heterocycles. The molecule has 0 amide bonds. The van der Waals surface area contributed by atoms with E-state index in [1.54, 1.807) is 0 Å². The van der Waals surface area contributed by atoms with E-state index in [4.69, 9.17) is 4.74 Å². The first-order valence-electron chi connectivity index (χ1n) is 6.56. The maximum Gasteiger partial charge on any atom is 0.326 e. The average molecular weight is 240 g/mol. The van der Waals surface area contributed by atoms with E-state index in [2.05, 4.69) is 31.1 Å². The molecule has 2 bridgehead atoms. The van der Waals surface area contributed by atoms with Crippen molar-refractivity contribution in [2.75, 3.05) is 14.2 Å². The summed E-state index contributed by atoms with van der Waals surface area (Å²) in [5.74, 6) is -0.0869. The highest BCUT2D eigenvalue weighted by Crippen LogP contribution is 2.40. The molecular weight excluding hydrogens is 216 g/mol. The number of hydrogen-bond acceptors (Lipinski definition) is 4. The van der Waals surface area contributed by atoms with Gasteiger partial charge in [-0.25, -0.2) is 0 Å². The first kappa shape index (κ1) is 12.8. The maximum absolute atomic E-state index is 12.1. The Labute approximate surface area is 104 Å². The van der Waals surface area contributed by atoms with Crippen molar-refractivity contribution in [1.82, 2.24) is 10.2 Å². The normalized spacial score (nSPS) is 37.5. The summed E-state index contributed by atoms with van der Waals surface area (Å²) in [5, 5.41) is 3.47. The third-order valence-corrected chi connectivity index (χ3v) is 4.29. The van der Waals surface area contributed by atoms with Crippen LogP contribution in [0, 0.1) is 0 Å². The zero-order valence-corrected chi connectivity index (χ0v) is 11.3. The van der Waals surface area contributed by atoms with Gasteiger partial charge in [-0.05, 0) is 46.6 Å². The van der Waals surface area contributed by atoms with E-state index in [9.17, 15) is 4.79 Å². The summed E-state index contributed by atoms with van der Waals surface area (Å²) in [6.45, 7) is 4.18. The molecule has 2 atom stereocenters. The first-order valence-corrected chi connectivity index (χ1v) is 6.56. The lowest BCUT2D eigenvalue weighted by Gasteiger charge is -2.44. The van der Waals surface area contributed by atoms with E-state index in [0.717, 1.165) is 12.8 Å². The molecule has 0 aromatic rings. The molecule has 2 rings (SSSR count). The minimum Gasteiger partial charge on any atom is -0.468 e. The van der Waals surface area contributed by atoms with Crippen molar-refractivity contribution in [3.63, 3.8) is 0 Å². The molecule has 2 saturated heterocycles. The number of rotatable bonds is 3. The average Bonchev–Trinajstić information content (AvgIpc) is 2.52. The van der Waals surface area contributed by atoms with E-state index in [1.165, 1.54) is 20.0 Å². The number of hydrogen-bond donors (Lipinski definition) is 1. The minimum atomic E-state index is -0.457. The van der Waals surface area contributed by atoms with E-state index in [-0.39, 0.29) is 5.97 Å². The second-order valence-electron chi connectivity index (χ2n) is 5.83. The molecule has 2 heterocycles. The Morgan fingerprint density at radius 1 is 1.35 bits per heavy atom. The van der Waals surface area contributed by atoms with Crippen molar-refractivity contribution >= 4 is 5.97 Å². The minimum absolute atomic E-state index is 0.0869. The van der Waals surface area contributed by atoms with Crippen LogP contribution in [0.1, 0.15) is 39.5 Å². The highest BCUT2D eigenvalue weighted by molar-refractivity contribution is 5.81. The fourth-order valence-electron chi connectivity index (χ4n) is 3.56. The topological polar surface area (TPSA) is 41.6 Å². The number of carbonyl (C=O) groups is 1. The molecule has 2 fully saturated rings. The van der Waals surface area contributed by atoms with Crippen LogP contribution in [0.15, 0.2) is 0 Å². The van der Waals surface area contributed by atoms with Gasteiger partial charge in [-0.2, -0.15) is 0 Å². The van der Waals surface area contributed by atoms with E-state index >= 15 is 0 Å². The van der Waals surface area contributed by atoms with Crippen LogP contribution in [0.2, 0.25) is 0 Å². The first-order chi connectivity index (χ1) is 7.98. The van der Waals surface area contributed by atoms with Crippen molar-refractivity contribution in [3.05, 3.63) is 0 Å². The van der Waals surface area contributed by atoms with Crippen molar-refractivity contribution in [1.29, 1.82) is 0 Å². The number of carbonyl (C=O) groups excluding carboxylic acids is 1. The fourth-order valence-corrected chi connectivity index (χ4v) is 3.56. The summed E-state index contributed by atoms with van der Waals surface area (Å²) in [4.78, 5) is 14.6. The Morgan fingerprint density at radius 2 is 1.88 bits per heavy atom. The molecule has 0 aromatic heterocycles. The Hall–Kier alpha value is -0.610. The van der Waals surface area contributed by atoms with Crippen molar-refractivity contribution in [2.24, 2.45) is 0 Å². The van der Waals surface area contributed by atoms with Crippen LogP contribution in [0.5, 0.6) is 0 Å². The summed E-state index contributed by atoms with van der Waals surface area (Å²) >= 11 is 0. The largest absolute Gasteiger partial charge is 0.468 e. The van der Waals surface area contributed by atoms with Gasteiger partial charge >= 0.3 is 5.97 Å². The number of esters is 1. The number of nitrogens with one attached hydrogen (secondary N) is 1. The lowest BCUT2D eigenvalue weighted by atomic mass is 9.82. The molecule has 0 aromatic carbocycles. The van der Waals surface area contributed by atoms with Gasteiger partial charge in [0.15, 0.2) is 0 Å². The van der Waals surface area contributed by atoms with Crippen LogP contribution in [0.4, 0.5) is 0 Å². The molecule has 0 saturated carbocycles. The van der Waals surface area contributed by atoms with Crippen LogP contribution < -0.4 is 5.32 Å². The Morgan fingerprint density at radius 3 is 2.29 bits per heavy atom. The molecule has 2 aliphatic rings. The van der Waals surface area contributed by atoms with Gasteiger partial charge in [0.2, 0.25) is 0 Å². The van der Waals surface area contributed by atoms with E-state index in [1.807, 2.05) is 0 Å². The molecular formula is C13H24N2O2. The number of methoxy groups -OCH3 is 1. The van der Waals surface area contributed by atoms with Gasteiger partial charge in [0.05, 0.1) is 7.11 Å². The SMILES string of the molecule is COC(=O)C1(NC(C)C)CC2CCC(C1)N2C. The predicted molar refractivity (Wildman–Crippen MR) is 66.8 cm³/mol. The molecule has 4 nitrogen and oxygen atoms in total. The highest BCUT2D eigenvalue weighted by atomic mass is 16.5. The van der Waals surface area contributed by atoms with Crippen LogP contribution in [0.3, 0.4) is 0 Å². The molecule has 0 spiro atoms. The van der Waals surface area contributed by atoms with E-state index < -0.39 is 5.54 Å². The van der Waals surface area contributed by atoms with Gasteiger partial charge in [0, 0.05) is 18.1 Å². The molecule has 0 radical (unpaired) electrons. The lowest BCUT2D eigenvalue weighted by molar-refractivity contribution is -0.152. The van der Waals surface area contributed by atoms with Crippen molar-refractivity contribution in [2.45, 2.75) is 63.2 Å². The molecule has 0 aliphatic carbocycles. The molecule has 98 valence electrons. The fraction of sp³-hybridized carbons (Fsp3) is 0.923. The second kappa shape index (κ2) is 4.58. The van der Waals surface area contributed by atoms with Gasteiger partial charge in [-0.15, -0.1) is 0 Å². The third-order valence-electron chi connectivity index (χ3n) is 4.29. The zero-order chi connectivity index (χ0) is 12.6. The number of ether oxygens (including phenoxy) is 1. The van der Waals surface area contributed by atoms with Crippen molar-refractivity contribution < 1.29 is 9.53 Å². The zero-order valence-electron chi connectivity index (χ0n) is 11.3. The van der Waals surface area contributed by atoms with Crippen LogP contribution in [0.25, 0.3) is 0 Å². The van der Waals surface area contributed by atoms with Gasteiger partial charge < -0.3 is 9.64 Å². The molecule has 17 heavy (non-hydrogen) atoms. The van der Waals surface area contributed by atoms with Gasteiger partial charge in [-0.3, -0.25) is 10.1 Å². The summed E-state index contributed by atoms with van der Waals surface area (Å²) in [6.07, 6.45) is 4.18. The summed E-state index contributed by atoms with van der Waals surface area (Å²) in [5.41, 5.74) is -0.457. The quantitative estimate of drug-likeness (QED) is 0.752. The summed E-state index contributed by atoms with van der Waals surface area (Å²) < 4.78 is 5.03. The number of piperidine rings is 1. The Bertz CT molecular complexity index is 290. The molecule has 2 unspecified atom stereocenters. The second-order valence-corrected chi connectivity index (χ2v) is 5.83. The Kier molecular flexibility index (Phi) is 3.46. The van der Waals surface area contributed by atoms with E-state index in [0.29, 0.717) is 18.1 Å². The monoisotopic (exact) mass is 240 g/mol. The van der Waals surface area contributed by atoms with Gasteiger partial charge in [-0.1, -0.05) is 0 Å². The third kappa shape index (κ3) is 2.20. The van der Waals surface area contributed by atoms with Crippen LogP contribution in [-0.2, 0) is 9.53 Å². The molecule has 1 N–H and O–H groups in total. The van der Waals surface area contributed by atoms with Gasteiger partial charge in [0.1, 0.15) is 5.54 Å². The van der Waals surface area contributed by atoms with Crippen molar-refractivity contribution in [3.8, 4) is 0 Å². The predicted octanol–water partition coefficient (Wildman–Crippen LogP) is 1.15. The Balaban J connectivity index is 2.21. The summed E-state index contributed by atoms with van der Waals surface area (Å²) in [7, 11) is 3.67. The number of nitrogens with zero attached hydrogens (tertiary/aromatic N) is 1. The maximum atomic E-state index is 12.1. The van der Waals surface area contributed by atoms with Gasteiger partial charge in [0.25, 0.3) is 0 Å². The standard InChI is InChI=1S/C13H24N2O2/c1-9(2)14-13(12(16)17-4)7-10-5-6-11(8-13)15(10)3/h9-11,14H,5-8H2,1-4H3. The highest BCUT2D eigenvalue weighted by Gasteiger charge is 2.51. The summed E-state index contributed by atoms with van der Waals surface area (Å²) in [6, 6.07) is 1.36. The smallest absolute Gasteiger partial charge is 0.326 e. The van der Waals surface area contributed by atoms with Crippen LogP contribution in [-0.4, -0.2) is 48.7 Å². The molecule has 4 heteroatoms. The number of fused-ring (bicyclic) bond motifs is 2. The van der Waals surface area contributed by atoms with Crippen LogP contribution >= 0.6 is 0 Å². The lowest BCUT2D eigenvalue weighted by Crippen LogP contribution is -2.63.